The van der Waals surface area contributed by atoms with Gasteiger partial charge in [-0.3, -0.25) is 0 Å². The minimum absolute atomic E-state index is 0.0138. The molecule has 4 nitrogen and oxygen atoms in total. The van der Waals surface area contributed by atoms with Crippen LogP contribution < -0.4 is 0 Å². The van der Waals surface area contributed by atoms with E-state index in [-0.39, 0.29) is 17.2 Å². The molecule has 0 fully saturated rings. The van der Waals surface area contributed by atoms with Crippen LogP contribution in [0.15, 0.2) is 206 Å². The van der Waals surface area contributed by atoms with Gasteiger partial charge in [0.15, 0.2) is 0 Å². The summed E-state index contributed by atoms with van der Waals surface area (Å²) in [6.07, 6.45) is -14.8. The van der Waals surface area contributed by atoms with Crippen LogP contribution in [0.1, 0.15) is 27.8 Å². The standard InChI is InChI=1S/C64H37F9N4/c1-37-28-44(62(65,66)67)22-26-46(37)40-20-24-50-48-16-8-10-18-56(48)76(58(50)31-40)60-33-43(42-29-54(38-12-4-2-5-13-38)75-55(30-42)39-14-6-3-7-15-39)34-61(52(60)36-74)77-57-19-11-9-17-49(57)51-25-21-41(32-59(51)77)47-27-23-45(63(68,69)70)35-53(47)64(71,72)73/h2-35H,1H3. The van der Waals surface area contributed by atoms with Gasteiger partial charge in [-0.25, -0.2) is 4.98 Å². The Bertz CT molecular complexity index is 4310. The Morgan fingerprint density at radius 2 is 0.805 bits per heavy atom. The van der Waals surface area contributed by atoms with Gasteiger partial charge in [0.05, 0.1) is 61.5 Å². The normalized spacial score (nSPS) is 12.3. The Morgan fingerprint density at radius 1 is 0.377 bits per heavy atom. The van der Waals surface area contributed by atoms with Crippen LogP contribution in [0.2, 0.25) is 0 Å². The molecule has 77 heavy (non-hydrogen) atoms. The van der Waals surface area contributed by atoms with Crippen LogP contribution in [0.5, 0.6) is 0 Å². The predicted molar refractivity (Wildman–Crippen MR) is 285 cm³/mol. The lowest BCUT2D eigenvalue weighted by molar-refractivity contribution is -0.143. The van der Waals surface area contributed by atoms with Crippen molar-refractivity contribution in [3.63, 3.8) is 0 Å². The fraction of sp³-hybridized carbons (Fsp3) is 0.0625. The molecule has 0 N–H and O–H groups in total. The van der Waals surface area contributed by atoms with E-state index in [9.17, 15) is 44.8 Å². The minimum atomic E-state index is -5.16. The van der Waals surface area contributed by atoms with Crippen molar-refractivity contribution < 1.29 is 39.5 Å². The van der Waals surface area contributed by atoms with Gasteiger partial charge in [-0.2, -0.15) is 44.8 Å². The molecule has 0 atom stereocenters. The zero-order chi connectivity index (χ0) is 53.5. The van der Waals surface area contributed by atoms with Crippen molar-refractivity contribution in [2.75, 3.05) is 0 Å². The summed E-state index contributed by atoms with van der Waals surface area (Å²) < 4.78 is 132. The van der Waals surface area contributed by atoms with Crippen molar-refractivity contribution in [3.8, 4) is 73.3 Å². The first kappa shape index (κ1) is 48.5. The van der Waals surface area contributed by atoms with Gasteiger partial charge >= 0.3 is 18.5 Å². The van der Waals surface area contributed by atoms with Crippen LogP contribution in [-0.4, -0.2) is 14.1 Å². The molecule has 0 unspecified atom stereocenters. The molecule has 9 aromatic carbocycles. The molecule has 3 aromatic heterocycles. The van der Waals surface area contributed by atoms with Gasteiger partial charge in [-0.15, -0.1) is 0 Å². The first-order valence-corrected chi connectivity index (χ1v) is 24.2. The number of fused-ring (bicyclic) bond motifs is 6. The average Bonchev–Trinajstić information content (AvgIpc) is 4.13. The number of hydrogen-bond donors (Lipinski definition) is 0. The summed E-state index contributed by atoms with van der Waals surface area (Å²) in [5.41, 5.74) is 4.76. The summed E-state index contributed by atoms with van der Waals surface area (Å²) in [7, 11) is 0. The number of alkyl halides is 9. The van der Waals surface area contributed by atoms with Gasteiger partial charge in [0.1, 0.15) is 11.6 Å². The monoisotopic (exact) mass is 1030 g/mol. The lowest BCUT2D eigenvalue weighted by Gasteiger charge is -2.20. The third-order valence-electron chi connectivity index (χ3n) is 14.2. The van der Waals surface area contributed by atoms with Crippen LogP contribution in [0.3, 0.4) is 0 Å². The molecular formula is C64H37F9N4. The molecule has 0 aliphatic carbocycles. The largest absolute Gasteiger partial charge is 0.417 e. The molecule has 0 radical (unpaired) electrons. The number of rotatable bonds is 7. The maximum Gasteiger partial charge on any atom is 0.417 e. The van der Waals surface area contributed by atoms with E-state index in [0.29, 0.717) is 89.5 Å². The highest BCUT2D eigenvalue weighted by Crippen LogP contribution is 2.46. The molecule has 0 saturated heterocycles. The van der Waals surface area contributed by atoms with Gasteiger partial charge < -0.3 is 9.13 Å². The van der Waals surface area contributed by atoms with Crippen molar-refractivity contribution in [1.29, 1.82) is 5.26 Å². The maximum atomic E-state index is 14.9. The van der Waals surface area contributed by atoms with Gasteiger partial charge in [0.2, 0.25) is 0 Å². The topological polar surface area (TPSA) is 46.5 Å². The molecule has 12 aromatic rings. The van der Waals surface area contributed by atoms with Crippen molar-refractivity contribution in [2.45, 2.75) is 25.5 Å². The average molecular weight is 1030 g/mol. The molecule has 13 heteroatoms. The van der Waals surface area contributed by atoms with E-state index in [1.807, 2.05) is 150 Å². The Balaban J connectivity index is 1.20. The number of para-hydroxylation sites is 2. The second-order valence-electron chi connectivity index (χ2n) is 18.8. The fourth-order valence-electron chi connectivity index (χ4n) is 10.6. The first-order valence-electron chi connectivity index (χ1n) is 24.2. The molecule has 3 heterocycles. The van der Waals surface area contributed by atoms with Gasteiger partial charge in [0.25, 0.3) is 0 Å². The Kier molecular flexibility index (Phi) is 11.4. The lowest BCUT2D eigenvalue weighted by atomic mass is 9.95. The van der Waals surface area contributed by atoms with Gasteiger partial charge in [0, 0.05) is 32.7 Å². The summed E-state index contributed by atoms with van der Waals surface area (Å²) in [6, 6.07) is 59.7. The van der Waals surface area contributed by atoms with E-state index < -0.39 is 40.8 Å². The Hall–Kier alpha value is -9.41. The molecule has 0 spiro atoms. The van der Waals surface area contributed by atoms with E-state index in [4.69, 9.17) is 4.98 Å². The van der Waals surface area contributed by atoms with E-state index in [1.54, 1.807) is 23.6 Å². The lowest BCUT2D eigenvalue weighted by Crippen LogP contribution is -2.12. The number of benzene rings is 9. The summed E-state index contributed by atoms with van der Waals surface area (Å²) in [5, 5.41) is 14.6. The first-order chi connectivity index (χ1) is 36.9. The Morgan fingerprint density at radius 3 is 1.27 bits per heavy atom. The van der Waals surface area contributed by atoms with Crippen molar-refractivity contribution in [3.05, 3.63) is 234 Å². The number of aromatic nitrogens is 3. The number of nitrogens with zero attached hydrogens (tertiary/aromatic N) is 4. The molecule has 0 aliphatic heterocycles. The SMILES string of the molecule is Cc1cc(C(F)(F)F)ccc1-c1ccc2c3ccccc3n(-c3cc(-c4cc(-c5ccccc5)nc(-c5ccccc5)c4)cc(-n4c5ccccc5c5ccc(-c6ccc(C(F)(F)F)cc6C(F)(F)F)cc54)c3C#N)c2c1. The highest BCUT2D eigenvalue weighted by Gasteiger charge is 2.39. The van der Waals surface area contributed by atoms with Crippen molar-refractivity contribution in [1.82, 2.24) is 14.1 Å². The molecule has 12 rings (SSSR count). The van der Waals surface area contributed by atoms with Crippen LogP contribution in [0.25, 0.3) is 111 Å². The molecule has 0 saturated carbocycles. The maximum absolute atomic E-state index is 14.9. The Labute approximate surface area is 433 Å². The molecule has 0 aliphatic rings. The number of pyridine rings is 1. The number of hydrogen-bond acceptors (Lipinski definition) is 2. The van der Waals surface area contributed by atoms with E-state index in [0.717, 1.165) is 40.1 Å². The minimum Gasteiger partial charge on any atom is -0.308 e. The van der Waals surface area contributed by atoms with Crippen LogP contribution in [0.4, 0.5) is 39.5 Å². The van der Waals surface area contributed by atoms with Crippen LogP contribution in [-0.2, 0) is 18.5 Å². The highest BCUT2D eigenvalue weighted by atomic mass is 19.4. The number of nitriles is 1. The molecule has 376 valence electrons. The highest BCUT2D eigenvalue weighted by molar-refractivity contribution is 6.12. The third-order valence-corrected chi connectivity index (χ3v) is 14.2. The second-order valence-corrected chi connectivity index (χ2v) is 18.8. The zero-order valence-electron chi connectivity index (χ0n) is 40.3. The zero-order valence-corrected chi connectivity index (χ0v) is 40.3. The third kappa shape index (κ3) is 8.52. The number of aryl methyl sites for hydroxylation is 1. The van der Waals surface area contributed by atoms with Gasteiger partial charge in [-0.1, -0.05) is 133 Å². The van der Waals surface area contributed by atoms with Crippen molar-refractivity contribution in [2.24, 2.45) is 0 Å². The molecule has 0 bridgehead atoms. The van der Waals surface area contributed by atoms with Crippen LogP contribution >= 0.6 is 0 Å². The van der Waals surface area contributed by atoms with E-state index >= 15 is 0 Å². The summed E-state index contributed by atoms with van der Waals surface area (Å²) in [4.78, 5) is 5.12. The summed E-state index contributed by atoms with van der Waals surface area (Å²) >= 11 is 0. The smallest absolute Gasteiger partial charge is 0.308 e. The predicted octanol–water partition coefficient (Wildman–Crippen LogP) is 18.8. The fourth-order valence-corrected chi connectivity index (χ4v) is 10.6. The number of halogens is 9. The summed E-state index contributed by atoms with van der Waals surface area (Å²) in [5.74, 6) is 0. The van der Waals surface area contributed by atoms with Crippen LogP contribution in [0, 0.1) is 18.3 Å². The quantitative estimate of drug-likeness (QED) is 0.149. The van der Waals surface area contributed by atoms with E-state index in [2.05, 4.69) is 6.07 Å². The summed E-state index contributed by atoms with van der Waals surface area (Å²) in [6.45, 7) is 1.62. The second kappa shape index (κ2) is 18.2. The molecular weight excluding hydrogens is 996 g/mol. The van der Waals surface area contributed by atoms with Crippen molar-refractivity contribution >= 4 is 43.6 Å². The molecule has 0 amide bonds. The van der Waals surface area contributed by atoms with Gasteiger partial charge in [-0.05, 0) is 119 Å². The van der Waals surface area contributed by atoms with E-state index in [1.165, 1.54) is 18.2 Å².